The molecule has 1 unspecified atom stereocenters. The van der Waals surface area contributed by atoms with E-state index in [-0.39, 0.29) is 18.1 Å². The Labute approximate surface area is 209 Å². The van der Waals surface area contributed by atoms with E-state index in [1.807, 2.05) is 49.6 Å². The van der Waals surface area contributed by atoms with E-state index >= 15 is 0 Å². The third kappa shape index (κ3) is 4.25. The number of nitriles is 1. The van der Waals surface area contributed by atoms with E-state index in [0.29, 0.717) is 35.5 Å². The molecule has 1 saturated heterocycles. The number of aromatic nitrogens is 5. The summed E-state index contributed by atoms with van der Waals surface area (Å²) >= 11 is 0. The summed E-state index contributed by atoms with van der Waals surface area (Å²) in [5.74, 6) is 1.26. The third-order valence-electron chi connectivity index (χ3n) is 6.70. The van der Waals surface area contributed by atoms with Crippen molar-refractivity contribution in [2.75, 3.05) is 18.0 Å². The van der Waals surface area contributed by atoms with Crippen molar-refractivity contribution < 1.29 is 0 Å². The van der Waals surface area contributed by atoms with Gasteiger partial charge in [0, 0.05) is 36.8 Å². The Morgan fingerprint density at radius 3 is 2.83 bits per heavy atom. The summed E-state index contributed by atoms with van der Waals surface area (Å²) in [4.78, 5) is 29.9. The van der Waals surface area contributed by atoms with E-state index in [9.17, 15) is 10.1 Å². The Morgan fingerprint density at radius 2 is 2.08 bits per heavy atom. The van der Waals surface area contributed by atoms with Crippen LogP contribution in [0, 0.1) is 18.3 Å². The first-order valence-electron chi connectivity index (χ1n) is 12.2. The maximum Gasteiger partial charge on any atom is 0.278 e. The zero-order valence-electron chi connectivity index (χ0n) is 20.9. The third-order valence-corrected chi connectivity index (χ3v) is 6.70. The largest absolute Gasteiger partial charge is 0.355 e. The fourth-order valence-corrected chi connectivity index (χ4v) is 4.97. The van der Waals surface area contributed by atoms with Gasteiger partial charge in [0.05, 0.1) is 18.4 Å². The minimum atomic E-state index is -0.222. The Bertz CT molecular complexity index is 1590. The first kappa shape index (κ1) is 23.7. The van der Waals surface area contributed by atoms with Crippen molar-refractivity contribution in [3.63, 3.8) is 0 Å². The van der Waals surface area contributed by atoms with Crippen LogP contribution in [-0.4, -0.2) is 43.2 Å². The molecule has 9 nitrogen and oxygen atoms in total. The van der Waals surface area contributed by atoms with Crippen LogP contribution in [0.15, 0.2) is 47.0 Å². The maximum atomic E-state index is 13.8. The van der Waals surface area contributed by atoms with Crippen molar-refractivity contribution in [3.8, 4) is 6.07 Å². The molecule has 2 N–H and O–H groups in total. The maximum absolute atomic E-state index is 13.8. The van der Waals surface area contributed by atoms with Gasteiger partial charge < -0.3 is 15.2 Å². The lowest BCUT2D eigenvalue weighted by Crippen LogP contribution is -2.44. The van der Waals surface area contributed by atoms with Gasteiger partial charge in [-0.15, -0.1) is 0 Å². The highest BCUT2D eigenvalue weighted by Crippen LogP contribution is 2.31. The number of aryl methyl sites for hydroxylation is 1. The fourth-order valence-electron chi connectivity index (χ4n) is 4.97. The van der Waals surface area contributed by atoms with Crippen LogP contribution in [0.3, 0.4) is 0 Å². The quantitative estimate of drug-likeness (QED) is 0.434. The van der Waals surface area contributed by atoms with Crippen molar-refractivity contribution in [1.29, 1.82) is 5.26 Å². The van der Waals surface area contributed by atoms with Crippen molar-refractivity contribution in [2.24, 2.45) is 5.73 Å². The van der Waals surface area contributed by atoms with Gasteiger partial charge in [-0.25, -0.2) is 15.0 Å². The lowest BCUT2D eigenvalue weighted by molar-refractivity contribution is 0.498. The second-order valence-corrected chi connectivity index (χ2v) is 9.67. The molecule has 4 aromatic rings. The van der Waals surface area contributed by atoms with Crippen molar-refractivity contribution >= 4 is 27.8 Å². The molecule has 1 aromatic carbocycles. The number of nitrogens with two attached hydrogens (primary N) is 1. The standard InChI is InChI=1S/C27H30N8O/c1-17(2)10-12-35-25-24(21(13-28)26(35)33-11-6-7-19(29)14-33)30-16-34(27(25)36)15-23-31-18(3)20-8-4-5-9-22(20)32-23/h4-5,8-10,16,19H,6-7,11-12,14-15,29H2,1-3H3. The van der Waals surface area contributed by atoms with E-state index in [0.717, 1.165) is 47.4 Å². The number of para-hydroxylation sites is 1. The summed E-state index contributed by atoms with van der Waals surface area (Å²) in [5.41, 5.74) is 10.1. The smallest absolute Gasteiger partial charge is 0.278 e. The number of hydrogen-bond acceptors (Lipinski definition) is 7. The Kier molecular flexibility index (Phi) is 6.29. The van der Waals surface area contributed by atoms with E-state index in [1.54, 1.807) is 0 Å². The number of hydrogen-bond donors (Lipinski definition) is 1. The van der Waals surface area contributed by atoms with Gasteiger partial charge in [-0.2, -0.15) is 5.26 Å². The molecule has 3 aromatic heterocycles. The van der Waals surface area contributed by atoms with Crippen LogP contribution in [0.2, 0.25) is 0 Å². The summed E-state index contributed by atoms with van der Waals surface area (Å²) in [6.07, 6.45) is 5.44. The van der Waals surface area contributed by atoms with Gasteiger partial charge >= 0.3 is 0 Å². The number of allylic oxidation sites excluding steroid dienone is 2. The normalized spacial score (nSPS) is 15.9. The molecular formula is C27H30N8O. The SMILES string of the molecule is CC(C)=CCn1c(N2CCCC(N)C2)c(C#N)c2ncn(Cc3nc(C)c4ccccc4n3)c(=O)c21. The molecule has 0 radical (unpaired) electrons. The molecular weight excluding hydrogens is 452 g/mol. The molecule has 1 aliphatic heterocycles. The molecule has 36 heavy (non-hydrogen) atoms. The summed E-state index contributed by atoms with van der Waals surface area (Å²) < 4.78 is 3.45. The topological polar surface area (TPSA) is 119 Å². The van der Waals surface area contributed by atoms with Gasteiger partial charge in [-0.3, -0.25) is 9.36 Å². The van der Waals surface area contributed by atoms with Crippen LogP contribution >= 0.6 is 0 Å². The molecule has 184 valence electrons. The molecule has 1 aliphatic rings. The number of fused-ring (bicyclic) bond motifs is 2. The number of rotatable bonds is 5. The number of benzene rings is 1. The Morgan fingerprint density at radius 1 is 1.28 bits per heavy atom. The first-order valence-corrected chi connectivity index (χ1v) is 12.2. The van der Waals surface area contributed by atoms with E-state index < -0.39 is 0 Å². The van der Waals surface area contributed by atoms with E-state index in [1.165, 1.54) is 10.9 Å². The van der Waals surface area contributed by atoms with Crippen LogP contribution in [0.5, 0.6) is 0 Å². The molecule has 1 atom stereocenters. The molecule has 0 bridgehead atoms. The molecule has 0 aliphatic carbocycles. The first-order chi connectivity index (χ1) is 17.4. The minimum absolute atomic E-state index is 0.0260. The number of piperidine rings is 1. The molecule has 0 saturated carbocycles. The van der Waals surface area contributed by atoms with E-state index in [4.69, 9.17) is 5.73 Å². The zero-order chi connectivity index (χ0) is 25.4. The van der Waals surface area contributed by atoms with Crippen molar-refractivity contribution in [3.05, 3.63) is 69.7 Å². The Balaban J connectivity index is 1.67. The molecule has 0 amide bonds. The molecule has 4 heterocycles. The number of nitrogens with zero attached hydrogens (tertiary/aromatic N) is 7. The highest BCUT2D eigenvalue weighted by molar-refractivity contribution is 5.89. The lowest BCUT2D eigenvalue weighted by atomic mass is 10.1. The summed E-state index contributed by atoms with van der Waals surface area (Å²) in [5, 5.41) is 11.1. The van der Waals surface area contributed by atoms with E-state index in [2.05, 4.69) is 32.0 Å². The summed E-state index contributed by atoms with van der Waals surface area (Å²) in [7, 11) is 0. The monoisotopic (exact) mass is 482 g/mol. The highest BCUT2D eigenvalue weighted by atomic mass is 16.1. The lowest BCUT2D eigenvalue weighted by Gasteiger charge is -2.33. The summed E-state index contributed by atoms with van der Waals surface area (Å²) in [6.45, 7) is 8.05. The molecule has 0 spiro atoms. The van der Waals surface area contributed by atoms with Gasteiger partial charge in [-0.1, -0.05) is 29.8 Å². The van der Waals surface area contributed by atoms with Gasteiger partial charge in [0.25, 0.3) is 5.56 Å². The van der Waals surface area contributed by atoms with Gasteiger partial charge in [-0.05, 0) is 39.7 Å². The van der Waals surface area contributed by atoms with Crippen LogP contribution in [-0.2, 0) is 13.1 Å². The minimum Gasteiger partial charge on any atom is -0.355 e. The molecule has 9 heteroatoms. The predicted molar refractivity (Wildman–Crippen MR) is 141 cm³/mol. The Hall–Kier alpha value is -4.03. The second-order valence-electron chi connectivity index (χ2n) is 9.67. The van der Waals surface area contributed by atoms with Crippen molar-refractivity contribution in [2.45, 2.75) is 52.7 Å². The predicted octanol–water partition coefficient (Wildman–Crippen LogP) is 3.26. The van der Waals surface area contributed by atoms with Crippen LogP contribution in [0.4, 0.5) is 5.82 Å². The zero-order valence-corrected chi connectivity index (χ0v) is 20.9. The second kappa shape index (κ2) is 9.55. The summed E-state index contributed by atoms with van der Waals surface area (Å²) in [6, 6.07) is 10.2. The van der Waals surface area contributed by atoms with Crippen LogP contribution in [0.1, 0.15) is 43.8 Å². The number of anilines is 1. The fraction of sp³-hybridized carbons (Fsp3) is 0.370. The van der Waals surface area contributed by atoms with Gasteiger partial charge in [0.15, 0.2) is 0 Å². The molecule has 5 rings (SSSR count). The van der Waals surface area contributed by atoms with Crippen molar-refractivity contribution in [1.82, 2.24) is 24.1 Å². The average Bonchev–Trinajstić information content (AvgIpc) is 3.18. The van der Waals surface area contributed by atoms with Gasteiger partial charge in [0.2, 0.25) is 0 Å². The van der Waals surface area contributed by atoms with Gasteiger partial charge in [0.1, 0.15) is 34.3 Å². The van der Waals surface area contributed by atoms with Crippen LogP contribution in [0.25, 0.3) is 21.9 Å². The highest BCUT2D eigenvalue weighted by Gasteiger charge is 2.28. The van der Waals surface area contributed by atoms with Crippen LogP contribution < -0.4 is 16.2 Å². The average molecular weight is 483 g/mol. The molecule has 1 fully saturated rings.